The Morgan fingerprint density at radius 1 is 1.22 bits per heavy atom. The highest BCUT2D eigenvalue weighted by atomic mass is 19.1. The first-order valence-corrected chi connectivity index (χ1v) is 8.66. The van der Waals surface area contributed by atoms with E-state index in [-0.39, 0.29) is 11.9 Å². The fourth-order valence-corrected chi connectivity index (χ4v) is 3.49. The highest BCUT2D eigenvalue weighted by molar-refractivity contribution is 5.21. The van der Waals surface area contributed by atoms with Crippen molar-refractivity contribution in [2.45, 2.75) is 45.7 Å². The molecule has 0 bridgehead atoms. The van der Waals surface area contributed by atoms with Gasteiger partial charge in [0.25, 0.3) is 0 Å². The number of halogens is 1. The maximum Gasteiger partial charge on any atom is 0.123 e. The monoisotopic (exact) mass is 315 g/mol. The summed E-state index contributed by atoms with van der Waals surface area (Å²) in [6.07, 6.45) is 7.76. The van der Waals surface area contributed by atoms with E-state index in [2.05, 4.69) is 28.3 Å². The van der Waals surface area contributed by atoms with Gasteiger partial charge in [-0.3, -0.25) is 4.90 Å². The quantitative estimate of drug-likeness (QED) is 0.822. The SMILES string of the molecule is CCC1CCN(Cc2cncn2C(C)c2ccc(F)cc2)CC1. The minimum absolute atomic E-state index is 0.168. The molecule has 1 atom stereocenters. The zero-order chi connectivity index (χ0) is 16.2. The minimum atomic E-state index is -0.189. The summed E-state index contributed by atoms with van der Waals surface area (Å²) >= 11 is 0. The van der Waals surface area contributed by atoms with Gasteiger partial charge in [0.1, 0.15) is 5.82 Å². The van der Waals surface area contributed by atoms with Crippen molar-refractivity contribution in [2.75, 3.05) is 13.1 Å². The maximum absolute atomic E-state index is 13.1. The molecule has 2 aromatic rings. The average molecular weight is 315 g/mol. The van der Waals surface area contributed by atoms with Crippen LogP contribution in [0.4, 0.5) is 4.39 Å². The highest BCUT2D eigenvalue weighted by Crippen LogP contribution is 2.24. The summed E-state index contributed by atoms with van der Waals surface area (Å²) in [6, 6.07) is 6.93. The third-order valence-electron chi connectivity index (χ3n) is 5.19. The van der Waals surface area contributed by atoms with Crippen LogP contribution in [0, 0.1) is 11.7 Å². The van der Waals surface area contributed by atoms with Gasteiger partial charge < -0.3 is 4.57 Å². The molecule has 1 aliphatic rings. The second kappa shape index (κ2) is 7.26. The topological polar surface area (TPSA) is 21.1 Å². The van der Waals surface area contributed by atoms with Crippen molar-refractivity contribution in [1.82, 2.24) is 14.5 Å². The van der Waals surface area contributed by atoms with E-state index in [4.69, 9.17) is 0 Å². The van der Waals surface area contributed by atoms with Crippen LogP contribution in [0.5, 0.6) is 0 Å². The first kappa shape index (κ1) is 16.2. The molecule has 0 radical (unpaired) electrons. The normalized spacial score (nSPS) is 18.2. The van der Waals surface area contributed by atoms with Gasteiger partial charge in [-0.1, -0.05) is 25.5 Å². The van der Waals surface area contributed by atoms with E-state index >= 15 is 0 Å². The van der Waals surface area contributed by atoms with Gasteiger partial charge in [0, 0.05) is 12.7 Å². The molecule has 1 saturated heterocycles. The lowest BCUT2D eigenvalue weighted by molar-refractivity contribution is 0.171. The summed E-state index contributed by atoms with van der Waals surface area (Å²) in [5.41, 5.74) is 2.34. The Morgan fingerprint density at radius 3 is 2.57 bits per heavy atom. The maximum atomic E-state index is 13.1. The zero-order valence-electron chi connectivity index (χ0n) is 14.1. The number of benzene rings is 1. The Labute approximate surface area is 138 Å². The standard InChI is InChI=1S/C19H26FN3/c1-3-16-8-10-22(11-9-16)13-19-12-21-14-23(19)15(2)17-4-6-18(20)7-5-17/h4-7,12,14-16H,3,8-11,13H2,1-2H3. The lowest BCUT2D eigenvalue weighted by Crippen LogP contribution is -2.33. The van der Waals surface area contributed by atoms with Crippen molar-refractivity contribution in [3.05, 3.63) is 53.9 Å². The van der Waals surface area contributed by atoms with Crippen LogP contribution in [-0.2, 0) is 6.54 Å². The van der Waals surface area contributed by atoms with Crippen molar-refractivity contribution in [2.24, 2.45) is 5.92 Å². The minimum Gasteiger partial charge on any atom is -0.326 e. The first-order chi connectivity index (χ1) is 11.2. The Bertz CT molecular complexity index is 612. The molecule has 1 aromatic carbocycles. The fourth-order valence-electron chi connectivity index (χ4n) is 3.49. The van der Waals surface area contributed by atoms with Crippen LogP contribution in [0.3, 0.4) is 0 Å². The first-order valence-electron chi connectivity index (χ1n) is 8.66. The van der Waals surface area contributed by atoms with Crippen molar-refractivity contribution in [1.29, 1.82) is 0 Å². The lowest BCUT2D eigenvalue weighted by atomic mass is 9.94. The number of aromatic nitrogens is 2. The Hall–Kier alpha value is -1.68. The number of nitrogens with zero attached hydrogens (tertiary/aromatic N) is 3. The molecule has 1 unspecified atom stereocenters. The van der Waals surface area contributed by atoms with Gasteiger partial charge in [0.2, 0.25) is 0 Å². The summed E-state index contributed by atoms with van der Waals surface area (Å²) in [4.78, 5) is 6.87. The van der Waals surface area contributed by atoms with E-state index in [1.165, 1.54) is 50.2 Å². The molecule has 3 nitrogen and oxygen atoms in total. The van der Waals surface area contributed by atoms with Crippen molar-refractivity contribution < 1.29 is 4.39 Å². The largest absolute Gasteiger partial charge is 0.326 e. The number of likely N-dealkylation sites (tertiary alicyclic amines) is 1. The Morgan fingerprint density at radius 2 is 1.91 bits per heavy atom. The molecule has 0 spiro atoms. The summed E-state index contributed by atoms with van der Waals surface area (Å²) in [6.45, 7) is 7.73. The molecule has 0 amide bonds. The third kappa shape index (κ3) is 3.81. The van der Waals surface area contributed by atoms with E-state index in [9.17, 15) is 4.39 Å². The Kier molecular flexibility index (Phi) is 5.11. The molecule has 0 N–H and O–H groups in total. The van der Waals surface area contributed by atoms with Gasteiger partial charge in [-0.15, -0.1) is 0 Å². The molecule has 0 saturated carbocycles. The van der Waals surface area contributed by atoms with Crippen molar-refractivity contribution >= 4 is 0 Å². The van der Waals surface area contributed by atoms with Crippen LogP contribution in [-0.4, -0.2) is 27.5 Å². The second-order valence-electron chi connectivity index (χ2n) is 6.65. The molecule has 2 heterocycles. The average Bonchev–Trinajstić information content (AvgIpc) is 3.04. The molecule has 23 heavy (non-hydrogen) atoms. The molecule has 1 fully saturated rings. The molecule has 4 heteroatoms. The van der Waals surface area contributed by atoms with Crippen LogP contribution in [0.2, 0.25) is 0 Å². The van der Waals surface area contributed by atoms with Gasteiger partial charge in [-0.2, -0.15) is 0 Å². The molecule has 0 aliphatic carbocycles. The van der Waals surface area contributed by atoms with Crippen LogP contribution < -0.4 is 0 Å². The number of hydrogen-bond donors (Lipinski definition) is 0. The molecular weight excluding hydrogens is 289 g/mol. The molecular formula is C19H26FN3. The van der Waals surface area contributed by atoms with E-state index in [0.717, 1.165) is 18.0 Å². The predicted octanol–water partition coefficient (Wildman–Crippen LogP) is 4.25. The van der Waals surface area contributed by atoms with E-state index in [1.807, 2.05) is 24.7 Å². The van der Waals surface area contributed by atoms with E-state index < -0.39 is 0 Å². The van der Waals surface area contributed by atoms with Crippen LogP contribution in [0.15, 0.2) is 36.8 Å². The van der Waals surface area contributed by atoms with E-state index in [1.54, 1.807) is 0 Å². The van der Waals surface area contributed by atoms with Gasteiger partial charge >= 0.3 is 0 Å². The van der Waals surface area contributed by atoms with Gasteiger partial charge in [0.05, 0.1) is 18.1 Å². The summed E-state index contributed by atoms with van der Waals surface area (Å²) in [5.74, 6) is 0.708. The van der Waals surface area contributed by atoms with Crippen molar-refractivity contribution in [3.63, 3.8) is 0 Å². The zero-order valence-corrected chi connectivity index (χ0v) is 14.1. The van der Waals surface area contributed by atoms with Gasteiger partial charge in [-0.25, -0.2) is 9.37 Å². The number of hydrogen-bond acceptors (Lipinski definition) is 2. The second-order valence-corrected chi connectivity index (χ2v) is 6.65. The Balaban J connectivity index is 1.68. The van der Waals surface area contributed by atoms with Gasteiger partial charge in [0.15, 0.2) is 0 Å². The number of imidazole rings is 1. The highest BCUT2D eigenvalue weighted by Gasteiger charge is 2.20. The molecule has 3 rings (SSSR count). The fraction of sp³-hybridized carbons (Fsp3) is 0.526. The predicted molar refractivity (Wildman–Crippen MR) is 90.7 cm³/mol. The number of piperidine rings is 1. The van der Waals surface area contributed by atoms with E-state index in [0.29, 0.717) is 0 Å². The molecule has 1 aliphatic heterocycles. The van der Waals surface area contributed by atoms with Crippen LogP contribution in [0.1, 0.15) is 50.4 Å². The third-order valence-corrected chi connectivity index (χ3v) is 5.19. The van der Waals surface area contributed by atoms with Crippen LogP contribution in [0.25, 0.3) is 0 Å². The number of rotatable bonds is 5. The molecule has 124 valence electrons. The van der Waals surface area contributed by atoms with Crippen LogP contribution >= 0.6 is 0 Å². The summed E-state index contributed by atoms with van der Waals surface area (Å²) in [7, 11) is 0. The van der Waals surface area contributed by atoms with Gasteiger partial charge in [-0.05, 0) is 56.5 Å². The van der Waals surface area contributed by atoms with Crippen molar-refractivity contribution in [3.8, 4) is 0 Å². The summed E-state index contributed by atoms with van der Waals surface area (Å²) in [5, 5.41) is 0. The lowest BCUT2D eigenvalue weighted by Gasteiger charge is -2.32. The smallest absolute Gasteiger partial charge is 0.123 e. The summed E-state index contributed by atoms with van der Waals surface area (Å²) < 4.78 is 15.3. The molecule has 1 aromatic heterocycles.